The van der Waals surface area contributed by atoms with E-state index in [-0.39, 0.29) is 23.1 Å². The van der Waals surface area contributed by atoms with Crippen LogP contribution in [-0.2, 0) is 14.3 Å². The van der Waals surface area contributed by atoms with Crippen molar-refractivity contribution in [3.63, 3.8) is 0 Å². The van der Waals surface area contributed by atoms with Gasteiger partial charge in [0.05, 0.1) is 18.4 Å². The van der Waals surface area contributed by atoms with Gasteiger partial charge in [0.2, 0.25) is 0 Å². The summed E-state index contributed by atoms with van der Waals surface area (Å²) in [5.41, 5.74) is 2.00. The Labute approximate surface area is 140 Å². The lowest BCUT2D eigenvalue weighted by atomic mass is 9.72. The predicted molar refractivity (Wildman–Crippen MR) is 92.0 cm³/mol. The summed E-state index contributed by atoms with van der Waals surface area (Å²) in [4.78, 5) is 25.4. The molecule has 1 fully saturated rings. The minimum atomic E-state index is -0.481. The summed E-state index contributed by atoms with van der Waals surface area (Å²) in [6.45, 7) is 8.41. The Morgan fingerprint density at radius 3 is 2.30 bits per heavy atom. The number of esters is 1. The minimum absolute atomic E-state index is 0.176. The average molecular weight is 320 g/mol. The Balaban J connectivity index is 2.35. The van der Waals surface area contributed by atoms with E-state index < -0.39 is 5.41 Å². The Hall–Kier alpha value is -1.12. The molecule has 3 nitrogen and oxygen atoms in total. The molecule has 0 bridgehead atoms. The molecular formula is C20H32O3. The molecule has 0 aromatic rings. The first kappa shape index (κ1) is 18.2. The maximum Gasteiger partial charge on any atom is 0.310 e. The lowest BCUT2D eigenvalue weighted by Crippen LogP contribution is -2.28. The molecule has 2 rings (SSSR count). The molecular weight excluding hydrogens is 288 g/mol. The first-order chi connectivity index (χ1) is 10.9. The summed E-state index contributed by atoms with van der Waals surface area (Å²) < 4.78 is 5.10. The van der Waals surface area contributed by atoms with Crippen LogP contribution >= 0.6 is 0 Å². The molecule has 0 spiro atoms. The number of hydrogen-bond acceptors (Lipinski definition) is 3. The van der Waals surface area contributed by atoms with E-state index >= 15 is 0 Å². The monoisotopic (exact) mass is 320 g/mol. The third-order valence-electron chi connectivity index (χ3n) is 6.44. The van der Waals surface area contributed by atoms with Crippen molar-refractivity contribution >= 4 is 11.8 Å². The predicted octanol–water partition coefficient (Wildman–Crippen LogP) is 4.84. The Kier molecular flexibility index (Phi) is 5.37. The summed E-state index contributed by atoms with van der Waals surface area (Å²) in [5.74, 6) is -0.151. The molecule has 0 radical (unpaired) electrons. The van der Waals surface area contributed by atoms with Crippen LogP contribution in [0.3, 0.4) is 0 Å². The second-order valence-corrected chi connectivity index (χ2v) is 7.59. The highest BCUT2D eigenvalue weighted by Gasteiger charge is 2.82. The Bertz CT molecular complexity index is 519. The highest BCUT2D eigenvalue weighted by Crippen LogP contribution is 2.79. The van der Waals surface area contributed by atoms with E-state index in [9.17, 15) is 9.59 Å². The maximum absolute atomic E-state index is 12.9. The number of carbonyl (C=O) groups excluding carboxylic acids is 2. The van der Waals surface area contributed by atoms with E-state index in [0.29, 0.717) is 6.42 Å². The molecule has 0 amide bonds. The molecule has 0 N–H and O–H groups in total. The van der Waals surface area contributed by atoms with Gasteiger partial charge in [-0.25, -0.2) is 0 Å². The lowest BCUT2D eigenvalue weighted by Gasteiger charge is -2.31. The topological polar surface area (TPSA) is 43.4 Å². The molecule has 1 saturated carbocycles. The molecule has 0 aromatic heterocycles. The molecule has 23 heavy (non-hydrogen) atoms. The number of methoxy groups -OCH3 is 1. The van der Waals surface area contributed by atoms with Crippen LogP contribution in [0.1, 0.15) is 79.1 Å². The third kappa shape index (κ3) is 2.66. The van der Waals surface area contributed by atoms with Crippen molar-refractivity contribution in [2.75, 3.05) is 7.11 Å². The maximum atomic E-state index is 12.9. The number of ketones is 1. The number of hydrogen-bond donors (Lipinski definition) is 0. The van der Waals surface area contributed by atoms with Gasteiger partial charge in [0.1, 0.15) is 5.78 Å². The number of rotatable bonds is 8. The molecule has 130 valence electrons. The Morgan fingerprint density at radius 1 is 1.09 bits per heavy atom. The Morgan fingerprint density at radius 2 is 1.74 bits per heavy atom. The molecule has 3 atom stereocenters. The van der Waals surface area contributed by atoms with Crippen molar-refractivity contribution < 1.29 is 14.3 Å². The fourth-order valence-corrected chi connectivity index (χ4v) is 5.12. The fraction of sp³-hybridized carbons (Fsp3) is 0.800. The molecule has 0 unspecified atom stereocenters. The van der Waals surface area contributed by atoms with Crippen LogP contribution in [0.2, 0.25) is 0 Å². The van der Waals surface area contributed by atoms with Gasteiger partial charge in [-0.3, -0.25) is 9.59 Å². The summed E-state index contributed by atoms with van der Waals surface area (Å²) in [7, 11) is 1.45. The zero-order valence-corrected chi connectivity index (χ0v) is 15.5. The fourth-order valence-electron chi connectivity index (χ4n) is 5.12. The molecule has 2 aliphatic carbocycles. The molecule has 0 aliphatic heterocycles. The molecule has 0 heterocycles. The number of carbonyl (C=O) groups is 2. The van der Waals surface area contributed by atoms with Crippen molar-refractivity contribution in [1.82, 2.24) is 0 Å². The van der Waals surface area contributed by atoms with Gasteiger partial charge < -0.3 is 4.74 Å². The molecule has 3 heteroatoms. The van der Waals surface area contributed by atoms with Gasteiger partial charge in [0.25, 0.3) is 0 Å². The van der Waals surface area contributed by atoms with Gasteiger partial charge in [0.15, 0.2) is 0 Å². The van der Waals surface area contributed by atoms with Crippen molar-refractivity contribution in [1.29, 1.82) is 0 Å². The molecule has 0 saturated heterocycles. The first-order valence-corrected chi connectivity index (χ1v) is 9.17. The van der Waals surface area contributed by atoms with Gasteiger partial charge in [-0.05, 0) is 33.1 Å². The van der Waals surface area contributed by atoms with Crippen LogP contribution in [0, 0.1) is 16.7 Å². The lowest BCUT2D eigenvalue weighted by molar-refractivity contribution is -0.145. The SMILES string of the molecule is CCCCCC[C@]12CC(C)=C(C)C[C@@]1(C(=O)CC)[C@@H]2C(=O)OC. The molecule has 2 aliphatic rings. The van der Waals surface area contributed by atoms with Crippen LogP contribution in [0.5, 0.6) is 0 Å². The number of Topliss-reactive ketones (excluding diaryl/α,β-unsaturated/α-hetero) is 1. The zero-order chi connectivity index (χ0) is 17.3. The smallest absolute Gasteiger partial charge is 0.310 e. The van der Waals surface area contributed by atoms with E-state index in [1.165, 1.54) is 37.5 Å². The van der Waals surface area contributed by atoms with Gasteiger partial charge in [-0.1, -0.05) is 50.7 Å². The van der Waals surface area contributed by atoms with Gasteiger partial charge >= 0.3 is 5.97 Å². The number of allylic oxidation sites excluding steroid dienone is 2. The highest BCUT2D eigenvalue weighted by atomic mass is 16.5. The van der Waals surface area contributed by atoms with E-state index in [2.05, 4.69) is 20.8 Å². The first-order valence-electron chi connectivity index (χ1n) is 9.17. The van der Waals surface area contributed by atoms with Crippen LogP contribution in [-0.4, -0.2) is 18.9 Å². The summed E-state index contributed by atoms with van der Waals surface area (Å²) in [5, 5.41) is 0. The normalized spacial score (nSPS) is 32.5. The van der Waals surface area contributed by atoms with Crippen molar-refractivity contribution in [2.24, 2.45) is 16.7 Å². The van der Waals surface area contributed by atoms with E-state index in [1.807, 2.05) is 6.92 Å². The highest BCUT2D eigenvalue weighted by molar-refractivity contribution is 5.98. The van der Waals surface area contributed by atoms with E-state index in [0.717, 1.165) is 25.7 Å². The van der Waals surface area contributed by atoms with Gasteiger partial charge in [-0.2, -0.15) is 0 Å². The number of unbranched alkanes of at least 4 members (excludes halogenated alkanes) is 3. The zero-order valence-electron chi connectivity index (χ0n) is 15.5. The van der Waals surface area contributed by atoms with Crippen molar-refractivity contribution in [3.05, 3.63) is 11.1 Å². The van der Waals surface area contributed by atoms with Crippen LogP contribution < -0.4 is 0 Å². The minimum Gasteiger partial charge on any atom is -0.469 e. The summed E-state index contributed by atoms with van der Waals surface area (Å²) >= 11 is 0. The standard InChI is InChI=1S/C20H32O3/c1-6-8-9-10-11-19-12-14(3)15(4)13-20(19,16(21)7-2)17(19)18(22)23-5/h17H,6-13H2,1-5H3/t17-,19-,20-/m1/s1. The quantitative estimate of drug-likeness (QED) is 0.365. The molecule has 0 aromatic carbocycles. The van der Waals surface area contributed by atoms with Crippen LogP contribution in [0.15, 0.2) is 11.1 Å². The summed E-state index contributed by atoms with van der Waals surface area (Å²) in [6.07, 6.45) is 7.83. The van der Waals surface area contributed by atoms with Gasteiger partial charge in [-0.15, -0.1) is 0 Å². The van der Waals surface area contributed by atoms with Crippen LogP contribution in [0.4, 0.5) is 0 Å². The van der Waals surface area contributed by atoms with Crippen LogP contribution in [0.25, 0.3) is 0 Å². The van der Waals surface area contributed by atoms with Crippen molar-refractivity contribution in [3.8, 4) is 0 Å². The number of fused-ring (bicyclic) bond motifs is 1. The van der Waals surface area contributed by atoms with Gasteiger partial charge in [0, 0.05) is 11.8 Å². The number of ether oxygens (including phenoxy) is 1. The average Bonchev–Trinajstić information content (AvgIpc) is 3.13. The third-order valence-corrected chi connectivity index (χ3v) is 6.44. The second-order valence-electron chi connectivity index (χ2n) is 7.59. The van der Waals surface area contributed by atoms with Crippen molar-refractivity contribution in [2.45, 2.75) is 79.1 Å². The van der Waals surface area contributed by atoms with E-state index in [4.69, 9.17) is 4.74 Å². The largest absolute Gasteiger partial charge is 0.469 e. The second kappa shape index (κ2) is 6.78. The summed E-state index contributed by atoms with van der Waals surface area (Å²) in [6, 6.07) is 0. The van der Waals surface area contributed by atoms with E-state index in [1.54, 1.807) is 0 Å².